The molecule has 0 aliphatic carbocycles. The van der Waals surface area contributed by atoms with Crippen molar-refractivity contribution < 1.29 is 9.59 Å². The molecule has 0 unspecified atom stereocenters. The SMILES string of the molecule is CN(C)c1cnc(Cl)nc1NCCCN1CCCC1=O.CN(C)c1cnc(Cl)nc1NCCCN1CCCC1=O. The van der Waals surface area contributed by atoms with Gasteiger partial charge in [-0.1, -0.05) is 0 Å². The molecule has 0 atom stereocenters. The predicted octanol–water partition coefficient (Wildman–Crippen LogP) is 3.24. The lowest BCUT2D eigenvalue weighted by atomic mass is 10.3. The second-order valence-corrected chi connectivity index (χ2v) is 10.7. The molecule has 4 heterocycles. The molecule has 4 rings (SSSR count). The Bertz CT molecular complexity index is 1050. The molecule has 40 heavy (non-hydrogen) atoms. The van der Waals surface area contributed by atoms with Crippen LogP contribution in [0.3, 0.4) is 0 Å². The first-order valence-corrected chi connectivity index (χ1v) is 14.3. The quantitative estimate of drug-likeness (QED) is 0.279. The maximum Gasteiger partial charge on any atom is 0.224 e. The molecular weight excluding hydrogens is 555 g/mol. The average molecular weight is 596 g/mol. The first-order valence-electron chi connectivity index (χ1n) is 13.6. The van der Waals surface area contributed by atoms with Crippen LogP contribution in [-0.4, -0.2) is 109 Å². The second-order valence-electron chi connectivity index (χ2n) is 10.1. The summed E-state index contributed by atoms with van der Waals surface area (Å²) >= 11 is 11.6. The van der Waals surface area contributed by atoms with Crippen molar-refractivity contribution in [2.75, 3.05) is 87.9 Å². The van der Waals surface area contributed by atoms with Crippen molar-refractivity contribution in [1.82, 2.24) is 29.7 Å². The average Bonchev–Trinajstić information content (AvgIpc) is 3.51. The molecule has 0 radical (unpaired) electrons. The Morgan fingerprint density at radius 1 is 0.750 bits per heavy atom. The molecule has 2 aromatic rings. The van der Waals surface area contributed by atoms with Crippen molar-refractivity contribution in [3.63, 3.8) is 0 Å². The maximum absolute atomic E-state index is 11.5. The Morgan fingerprint density at radius 3 is 1.48 bits per heavy atom. The fraction of sp³-hybridized carbons (Fsp3) is 0.615. The summed E-state index contributed by atoms with van der Waals surface area (Å²) in [5, 5.41) is 6.98. The van der Waals surface area contributed by atoms with Gasteiger partial charge in [0.15, 0.2) is 11.6 Å². The number of rotatable bonds is 12. The molecule has 12 nitrogen and oxygen atoms in total. The van der Waals surface area contributed by atoms with Crippen LogP contribution in [0.15, 0.2) is 12.4 Å². The van der Waals surface area contributed by atoms with E-state index in [1.807, 2.05) is 47.8 Å². The normalized spacial score (nSPS) is 14.8. The minimum atomic E-state index is 0.229. The lowest BCUT2D eigenvalue weighted by molar-refractivity contribution is -0.128. The molecule has 2 amide bonds. The van der Waals surface area contributed by atoms with Crippen molar-refractivity contribution >= 4 is 58.0 Å². The molecule has 0 bridgehead atoms. The Kier molecular flexibility index (Phi) is 12.3. The van der Waals surface area contributed by atoms with Gasteiger partial charge in [-0.3, -0.25) is 9.59 Å². The van der Waals surface area contributed by atoms with Crippen LogP contribution >= 0.6 is 23.2 Å². The van der Waals surface area contributed by atoms with Gasteiger partial charge < -0.3 is 30.2 Å². The van der Waals surface area contributed by atoms with Gasteiger partial charge in [0, 0.05) is 80.3 Å². The van der Waals surface area contributed by atoms with Crippen LogP contribution in [0, 0.1) is 0 Å². The van der Waals surface area contributed by atoms with E-state index in [0.29, 0.717) is 12.8 Å². The van der Waals surface area contributed by atoms with Crippen molar-refractivity contribution in [1.29, 1.82) is 0 Å². The van der Waals surface area contributed by atoms with Crippen molar-refractivity contribution in [3.8, 4) is 0 Å². The zero-order valence-corrected chi connectivity index (χ0v) is 25.3. The molecule has 0 saturated carbocycles. The lowest BCUT2D eigenvalue weighted by Gasteiger charge is -2.18. The monoisotopic (exact) mass is 594 g/mol. The van der Waals surface area contributed by atoms with Crippen LogP contribution < -0.4 is 20.4 Å². The molecule has 2 aromatic heterocycles. The third kappa shape index (κ3) is 9.51. The zero-order chi connectivity index (χ0) is 29.1. The lowest BCUT2D eigenvalue weighted by Crippen LogP contribution is -2.27. The first-order chi connectivity index (χ1) is 19.2. The number of hydrogen-bond donors (Lipinski definition) is 2. The fourth-order valence-corrected chi connectivity index (χ4v) is 4.72. The largest absolute Gasteiger partial charge is 0.373 e. The summed E-state index contributed by atoms with van der Waals surface area (Å²) < 4.78 is 0. The number of hydrogen-bond acceptors (Lipinski definition) is 10. The number of carbonyl (C=O) groups excluding carboxylic acids is 2. The second kappa shape index (κ2) is 15.6. The van der Waals surface area contributed by atoms with Gasteiger partial charge in [-0.2, -0.15) is 9.97 Å². The third-order valence-corrected chi connectivity index (χ3v) is 6.95. The van der Waals surface area contributed by atoms with Crippen LogP contribution in [0.2, 0.25) is 10.6 Å². The Balaban J connectivity index is 0.000000220. The molecule has 2 saturated heterocycles. The van der Waals surface area contributed by atoms with Gasteiger partial charge in [-0.15, -0.1) is 0 Å². The topological polar surface area (TPSA) is 123 Å². The molecule has 14 heteroatoms. The van der Waals surface area contributed by atoms with Gasteiger partial charge in [-0.05, 0) is 48.9 Å². The van der Waals surface area contributed by atoms with E-state index in [9.17, 15) is 9.59 Å². The van der Waals surface area contributed by atoms with E-state index < -0.39 is 0 Å². The summed E-state index contributed by atoms with van der Waals surface area (Å²) in [5.41, 5.74) is 1.79. The van der Waals surface area contributed by atoms with Crippen molar-refractivity contribution in [3.05, 3.63) is 23.0 Å². The van der Waals surface area contributed by atoms with E-state index in [1.54, 1.807) is 12.4 Å². The molecular formula is C26H40Cl2N10O2. The highest BCUT2D eigenvalue weighted by molar-refractivity contribution is 6.28. The van der Waals surface area contributed by atoms with Gasteiger partial charge in [0.1, 0.15) is 0 Å². The summed E-state index contributed by atoms with van der Waals surface area (Å²) in [6.45, 7) is 4.86. The Morgan fingerprint density at radius 2 is 1.15 bits per heavy atom. The highest BCUT2D eigenvalue weighted by atomic mass is 35.5. The van der Waals surface area contributed by atoms with Gasteiger partial charge in [-0.25, -0.2) is 9.97 Å². The smallest absolute Gasteiger partial charge is 0.224 e. The highest BCUT2D eigenvalue weighted by Gasteiger charge is 2.20. The predicted molar refractivity (Wildman–Crippen MR) is 161 cm³/mol. The molecule has 220 valence electrons. The van der Waals surface area contributed by atoms with E-state index in [-0.39, 0.29) is 22.4 Å². The zero-order valence-electron chi connectivity index (χ0n) is 23.8. The molecule has 2 aliphatic heterocycles. The number of anilines is 4. The summed E-state index contributed by atoms with van der Waals surface area (Å²) in [6.07, 6.45) is 8.53. The number of nitrogens with zero attached hydrogens (tertiary/aromatic N) is 8. The molecule has 2 N–H and O–H groups in total. The van der Waals surface area contributed by atoms with E-state index in [0.717, 1.165) is 88.0 Å². The van der Waals surface area contributed by atoms with Crippen molar-refractivity contribution in [2.45, 2.75) is 38.5 Å². The highest BCUT2D eigenvalue weighted by Crippen LogP contribution is 2.23. The number of nitrogens with one attached hydrogen (secondary N) is 2. The number of amides is 2. The summed E-state index contributed by atoms with van der Waals surface area (Å²) in [7, 11) is 7.72. The molecule has 0 spiro atoms. The van der Waals surface area contributed by atoms with Gasteiger partial charge in [0.25, 0.3) is 0 Å². The van der Waals surface area contributed by atoms with Crippen molar-refractivity contribution in [2.24, 2.45) is 0 Å². The van der Waals surface area contributed by atoms with Crippen LogP contribution in [0.25, 0.3) is 0 Å². The Labute approximate surface area is 246 Å². The van der Waals surface area contributed by atoms with Crippen LogP contribution in [0.4, 0.5) is 23.0 Å². The Hall–Kier alpha value is -3.12. The van der Waals surface area contributed by atoms with E-state index >= 15 is 0 Å². The third-order valence-electron chi connectivity index (χ3n) is 6.58. The minimum Gasteiger partial charge on any atom is -0.373 e. The van der Waals surface area contributed by atoms with Gasteiger partial charge in [0.2, 0.25) is 22.4 Å². The summed E-state index contributed by atoms with van der Waals surface area (Å²) in [6, 6.07) is 0. The van der Waals surface area contributed by atoms with Gasteiger partial charge >= 0.3 is 0 Å². The van der Waals surface area contributed by atoms with Gasteiger partial charge in [0.05, 0.1) is 23.8 Å². The first kappa shape index (κ1) is 31.4. The van der Waals surface area contributed by atoms with E-state index in [1.165, 1.54) is 0 Å². The fourth-order valence-electron chi connectivity index (χ4n) is 4.46. The van der Waals surface area contributed by atoms with E-state index in [4.69, 9.17) is 23.2 Å². The number of likely N-dealkylation sites (tertiary alicyclic amines) is 2. The van der Waals surface area contributed by atoms with Crippen LogP contribution in [0.1, 0.15) is 38.5 Å². The number of carbonyl (C=O) groups is 2. The standard InChI is InChI=1S/2C13H20ClN5O/c2*1-18(2)10-9-16-13(14)17-12(10)15-6-4-8-19-7-3-5-11(19)20/h2*9H,3-8H2,1-2H3,(H,15,16,17). The van der Waals surface area contributed by atoms with E-state index in [2.05, 4.69) is 30.6 Å². The minimum absolute atomic E-state index is 0.229. The molecule has 2 aliphatic rings. The number of aromatic nitrogens is 4. The van der Waals surface area contributed by atoms with Crippen LogP contribution in [0.5, 0.6) is 0 Å². The number of halogens is 2. The maximum atomic E-state index is 11.5. The molecule has 2 fully saturated rings. The summed E-state index contributed by atoms with van der Waals surface area (Å²) in [4.78, 5) is 47.0. The molecule has 0 aromatic carbocycles. The van der Waals surface area contributed by atoms with Crippen LogP contribution in [-0.2, 0) is 9.59 Å². The summed E-state index contributed by atoms with van der Waals surface area (Å²) in [5.74, 6) is 1.98.